The van der Waals surface area contributed by atoms with Gasteiger partial charge in [0, 0.05) is 0 Å². The molecule has 0 unspecified atom stereocenters. The normalized spacial score (nSPS) is 13.0. The minimum atomic E-state index is -0.452. The van der Waals surface area contributed by atoms with E-state index in [2.05, 4.69) is 9.97 Å². The Labute approximate surface area is 81.4 Å². The van der Waals surface area contributed by atoms with Gasteiger partial charge in [0.1, 0.15) is 0 Å². The number of fused-ring (bicyclic) bond motifs is 1. The molecule has 1 aromatic carbocycles. The van der Waals surface area contributed by atoms with Crippen LogP contribution >= 0.6 is 0 Å². The quantitative estimate of drug-likeness (QED) is 0.726. The molecule has 0 spiro atoms. The molecule has 0 aliphatic carbocycles. The van der Waals surface area contributed by atoms with Crippen LogP contribution in [0.25, 0.3) is 11.0 Å². The smallest absolute Gasteiger partial charge is 0.0890 e. The Hall–Kier alpha value is -1.52. The number of aliphatic hydroxyl groups excluding tert-OH is 1. The van der Waals surface area contributed by atoms with Gasteiger partial charge in [-0.1, -0.05) is 12.1 Å². The fraction of sp³-hybridized carbons (Fsp3) is 0.200. The number of aliphatic hydroxyl groups is 1. The van der Waals surface area contributed by atoms with Gasteiger partial charge in [-0.15, -0.1) is 0 Å². The summed E-state index contributed by atoms with van der Waals surface area (Å²) in [6, 6.07) is 7.10. The first kappa shape index (κ1) is 9.05. The monoisotopic (exact) mass is 189 g/mol. The fourth-order valence-corrected chi connectivity index (χ4v) is 1.24. The van der Waals surface area contributed by atoms with Crippen molar-refractivity contribution in [1.82, 2.24) is 9.97 Å². The molecule has 2 aromatic rings. The van der Waals surface area contributed by atoms with Gasteiger partial charge in [0.25, 0.3) is 0 Å². The number of para-hydroxylation sites is 2. The maximum absolute atomic E-state index is 8.87. The summed E-state index contributed by atoms with van der Waals surface area (Å²) in [5.41, 5.74) is 7.88. The van der Waals surface area contributed by atoms with Crippen LogP contribution in [0.3, 0.4) is 0 Å². The molecule has 1 aromatic heterocycles. The van der Waals surface area contributed by atoms with Crippen molar-refractivity contribution in [2.45, 2.75) is 6.04 Å². The minimum Gasteiger partial charge on any atom is -0.394 e. The van der Waals surface area contributed by atoms with E-state index in [9.17, 15) is 0 Å². The van der Waals surface area contributed by atoms with Gasteiger partial charge in [0.05, 0.1) is 35.6 Å². The molecule has 0 aliphatic rings. The molecule has 0 fully saturated rings. The number of benzene rings is 1. The average Bonchev–Trinajstić information content (AvgIpc) is 2.27. The molecule has 4 heteroatoms. The lowest BCUT2D eigenvalue weighted by Crippen LogP contribution is -2.16. The van der Waals surface area contributed by atoms with Crippen LogP contribution < -0.4 is 5.73 Å². The Balaban J connectivity index is 2.51. The SMILES string of the molecule is N[C@@H](CO)c1cnc2ccccc2n1. The predicted octanol–water partition coefficient (Wildman–Crippen LogP) is 0.622. The zero-order chi connectivity index (χ0) is 9.97. The Morgan fingerprint density at radius 1 is 1.29 bits per heavy atom. The van der Waals surface area contributed by atoms with Gasteiger partial charge < -0.3 is 10.8 Å². The Kier molecular flexibility index (Phi) is 2.39. The van der Waals surface area contributed by atoms with Gasteiger partial charge >= 0.3 is 0 Å². The minimum absolute atomic E-state index is 0.118. The summed E-state index contributed by atoms with van der Waals surface area (Å²) in [7, 11) is 0. The number of hydrogen-bond acceptors (Lipinski definition) is 4. The van der Waals surface area contributed by atoms with Crippen LogP contribution in [0, 0.1) is 0 Å². The number of nitrogens with zero attached hydrogens (tertiary/aromatic N) is 2. The fourth-order valence-electron chi connectivity index (χ4n) is 1.24. The van der Waals surface area contributed by atoms with Crippen molar-refractivity contribution in [2.24, 2.45) is 5.73 Å². The standard InChI is InChI=1S/C10H11N3O/c11-7(6-14)10-5-12-8-3-1-2-4-9(8)13-10/h1-5,7,14H,6,11H2/t7-/m0/s1. The number of rotatable bonds is 2. The summed E-state index contributed by atoms with van der Waals surface area (Å²) >= 11 is 0. The van der Waals surface area contributed by atoms with Crippen LogP contribution in [-0.2, 0) is 0 Å². The molecule has 14 heavy (non-hydrogen) atoms. The first-order valence-electron chi connectivity index (χ1n) is 4.39. The molecule has 72 valence electrons. The van der Waals surface area contributed by atoms with Crippen LogP contribution in [0.4, 0.5) is 0 Å². The third kappa shape index (κ3) is 1.57. The van der Waals surface area contributed by atoms with Crippen molar-refractivity contribution < 1.29 is 5.11 Å². The van der Waals surface area contributed by atoms with E-state index in [4.69, 9.17) is 10.8 Å². The first-order valence-corrected chi connectivity index (χ1v) is 4.39. The van der Waals surface area contributed by atoms with Gasteiger partial charge in [-0.3, -0.25) is 4.98 Å². The molecule has 0 aliphatic heterocycles. The lowest BCUT2D eigenvalue weighted by atomic mass is 10.2. The third-order valence-electron chi connectivity index (χ3n) is 2.04. The van der Waals surface area contributed by atoms with Crippen molar-refractivity contribution in [3.05, 3.63) is 36.2 Å². The molecule has 0 saturated heterocycles. The summed E-state index contributed by atoms with van der Waals surface area (Å²) < 4.78 is 0. The summed E-state index contributed by atoms with van der Waals surface area (Å²) in [5, 5.41) is 8.87. The number of hydrogen-bond donors (Lipinski definition) is 2. The van der Waals surface area contributed by atoms with E-state index in [0.717, 1.165) is 11.0 Å². The van der Waals surface area contributed by atoms with E-state index in [1.165, 1.54) is 0 Å². The predicted molar refractivity (Wildman–Crippen MR) is 53.6 cm³/mol. The van der Waals surface area contributed by atoms with E-state index >= 15 is 0 Å². The van der Waals surface area contributed by atoms with Gasteiger partial charge in [0.15, 0.2) is 0 Å². The van der Waals surface area contributed by atoms with E-state index in [1.54, 1.807) is 6.20 Å². The highest BCUT2D eigenvalue weighted by Gasteiger charge is 2.06. The lowest BCUT2D eigenvalue weighted by molar-refractivity contribution is 0.266. The second kappa shape index (κ2) is 3.69. The topological polar surface area (TPSA) is 72.0 Å². The number of aromatic nitrogens is 2. The molecule has 2 rings (SSSR count). The van der Waals surface area contributed by atoms with Crippen molar-refractivity contribution in [3.63, 3.8) is 0 Å². The van der Waals surface area contributed by atoms with Crippen molar-refractivity contribution in [1.29, 1.82) is 0 Å². The van der Waals surface area contributed by atoms with Crippen molar-refractivity contribution in [2.75, 3.05) is 6.61 Å². The van der Waals surface area contributed by atoms with E-state index in [0.29, 0.717) is 5.69 Å². The zero-order valence-electron chi connectivity index (χ0n) is 7.59. The molecule has 3 N–H and O–H groups in total. The molecular formula is C10H11N3O. The molecule has 1 heterocycles. The Morgan fingerprint density at radius 2 is 2.00 bits per heavy atom. The van der Waals surface area contributed by atoms with Gasteiger partial charge in [-0.05, 0) is 12.1 Å². The average molecular weight is 189 g/mol. The maximum Gasteiger partial charge on any atom is 0.0890 e. The summed E-state index contributed by atoms with van der Waals surface area (Å²) in [5.74, 6) is 0. The van der Waals surface area contributed by atoms with Gasteiger partial charge in [0.2, 0.25) is 0 Å². The van der Waals surface area contributed by atoms with Crippen LogP contribution in [-0.4, -0.2) is 21.7 Å². The molecule has 0 amide bonds. The van der Waals surface area contributed by atoms with Gasteiger partial charge in [-0.25, -0.2) is 4.98 Å². The molecule has 1 atom stereocenters. The molecule has 0 bridgehead atoms. The Bertz CT molecular complexity index is 444. The second-order valence-electron chi connectivity index (χ2n) is 3.07. The van der Waals surface area contributed by atoms with E-state index < -0.39 is 6.04 Å². The first-order chi connectivity index (χ1) is 6.81. The molecule has 4 nitrogen and oxygen atoms in total. The van der Waals surface area contributed by atoms with Crippen molar-refractivity contribution >= 4 is 11.0 Å². The van der Waals surface area contributed by atoms with Crippen LogP contribution in [0.1, 0.15) is 11.7 Å². The van der Waals surface area contributed by atoms with Crippen LogP contribution in [0.2, 0.25) is 0 Å². The van der Waals surface area contributed by atoms with E-state index in [-0.39, 0.29) is 6.61 Å². The van der Waals surface area contributed by atoms with Crippen molar-refractivity contribution in [3.8, 4) is 0 Å². The second-order valence-corrected chi connectivity index (χ2v) is 3.07. The highest BCUT2D eigenvalue weighted by Crippen LogP contribution is 2.11. The van der Waals surface area contributed by atoms with Crippen LogP contribution in [0.15, 0.2) is 30.5 Å². The van der Waals surface area contributed by atoms with Crippen LogP contribution in [0.5, 0.6) is 0 Å². The largest absolute Gasteiger partial charge is 0.394 e. The third-order valence-corrected chi connectivity index (χ3v) is 2.04. The molecule has 0 radical (unpaired) electrons. The maximum atomic E-state index is 8.87. The summed E-state index contributed by atoms with van der Waals surface area (Å²) in [6.07, 6.45) is 1.60. The molecular weight excluding hydrogens is 178 g/mol. The van der Waals surface area contributed by atoms with Gasteiger partial charge in [-0.2, -0.15) is 0 Å². The summed E-state index contributed by atoms with van der Waals surface area (Å²) in [4.78, 5) is 8.50. The Morgan fingerprint density at radius 3 is 2.71 bits per heavy atom. The number of nitrogens with two attached hydrogens (primary N) is 1. The molecule has 0 saturated carbocycles. The highest BCUT2D eigenvalue weighted by atomic mass is 16.3. The summed E-state index contributed by atoms with van der Waals surface area (Å²) in [6.45, 7) is -0.118. The highest BCUT2D eigenvalue weighted by molar-refractivity contribution is 5.73. The lowest BCUT2D eigenvalue weighted by Gasteiger charge is -2.07. The van der Waals surface area contributed by atoms with E-state index in [1.807, 2.05) is 24.3 Å². The zero-order valence-corrected chi connectivity index (χ0v) is 7.59.